The van der Waals surface area contributed by atoms with Gasteiger partial charge in [0.15, 0.2) is 11.8 Å². The highest BCUT2D eigenvalue weighted by atomic mass is 16.5. The second-order valence-corrected chi connectivity index (χ2v) is 4.28. The van der Waals surface area contributed by atoms with E-state index >= 15 is 0 Å². The molecule has 2 atom stereocenters. The van der Waals surface area contributed by atoms with Gasteiger partial charge in [0.1, 0.15) is 5.76 Å². The van der Waals surface area contributed by atoms with E-state index in [0.717, 1.165) is 5.76 Å². The van der Waals surface area contributed by atoms with Crippen LogP contribution in [0.5, 0.6) is 0 Å². The van der Waals surface area contributed by atoms with Gasteiger partial charge < -0.3 is 14.8 Å². The molecule has 0 spiro atoms. The number of amides is 1. The summed E-state index contributed by atoms with van der Waals surface area (Å²) in [4.78, 5) is 12.0. The first kappa shape index (κ1) is 11.7. The van der Waals surface area contributed by atoms with Gasteiger partial charge in [-0.1, -0.05) is 0 Å². The average Bonchev–Trinajstić information content (AvgIpc) is 2.48. The predicted molar refractivity (Wildman–Crippen MR) is 66.0 cm³/mol. The van der Waals surface area contributed by atoms with Gasteiger partial charge in [0, 0.05) is 12.6 Å². The van der Waals surface area contributed by atoms with Crippen LogP contribution in [0.2, 0.25) is 0 Å². The first-order valence-electron chi connectivity index (χ1n) is 6.08. The fourth-order valence-corrected chi connectivity index (χ4v) is 2.12. The minimum Gasteiger partial charge on any atom is -0.494 e. The third kappa shape index (κ3) is 2.42. The Morgan fingerprint density at radius 2 is 2.42 bits per heavy atom. The molecular formula is C13H13N3O3. The number of hydrogen-bond donors (Lipinski definition) is 1. The predicted octanol–water partition coefficient (Wildman–Crippen LogP) is 0.792. The molecule has 1 N–H and O–H groups in total. The summed E-state index contributed by atoms with van der Waals surface area (Å²) in [6.45, 7) is 0.560. The third-order valence-corrected chi connectivity index (χ3v) is 3.03. The van der Waals surface area contributed by atoms with Gasteiger partial charge in [-0.15, -0.1) is 5.10 Å². The molecule has 3 heterocycles. The number of allylic oxidation sites excluding steroid dienone is 2. The number of nitrogens with one attached hydrogen (secondary N) is 1. The molecule has 98 valence electrons. The lowest BCUT2D eigenvalue weighted by atomic mass is 10.0. The standard InChI is InChI=1S/C13H13N3O3/c17-13(10-3-1-6-14-16-10)15-9-5-8-18-11-4-2-7-19-12(9)11/h1-4,6-7,9,12H,5,8H2,(H,15,17). The van der Waals surface area contributed by atoms with E-state index in [4.69, 9.17) is 9.47 Å². The number of carbonyl (C=O) groups excluding carboxylic acids is 1. The van der Waals surface area contributed by atoms with Crippen LogP contribution in [-0.2, 0) is 9.47 Å². The Labute approximate surface area is 110 Å². The van der Waals surface area contributed by atoms with Crippen LogP contribution in [0.25, 0.3) is 0 Å². The highest BCUT2D eigenvalue weighted by Crippen LogP contribution is 2.24. The average molecular weight is 259 g/mol. The molecule has 2 unspecified atom stereocenters. The second-order valence-electron chi connectivity index (χ2n) is 4.28. The zero-order chi connectivity index (χ0) is 13.1. The lowest BCUT2D eigenvalue weighted by Crippen LogP contribution is -2.49. The summed E-state index contributed by atoms with van der Waals surface area (Å²) in [5.74, 6) is 0.496. The van der Waals surface area contributed by atoms with Crippen LogP contribution in [0.4, 0.5) is 0 Å². The minimum absolute atomic E-state index is 0.126. The summed E-state index contributed by atoms with van der Waals surface area (Å²) in [7, 11) is 0. The van der Waals surface area contributed by atoms with Crippen LogP contribution in [-0.4, -0.2) is 34.9 Å². The van der Waals surface area contributed by atoms with Crippen LogP contribution in [0.3, 0.4) is 0 Å². The molecule has 1 fully saturated rings. The largest absolute Gasteiger partial charge is 0.494 e. The molecule has 1 aromatic heterocycles. The van der Waals surface area contributed by atoms with Gasteiger partial charge >= 0.3 is 0 Å². The Morgan fingerprint density at radius 3 is 3.26 bits per heavy atom. The van der Waals surface area contributed by atoms with Crippen molar-refractivity contribution >= 4 is 5.91 Å². The van der Waals surface area contributed by atoms with Gasteiger partial charge in [0.25, 0.3) is 5.91 Å². The van der Waals surface area contributed by atoms with Crippen LogP contribution in [0.1, 0.15) is 16.9 Å². The van der Waals surface area contributed by atoms with E-state index in [9.17, 15) is 4.79 Å². The van der Waals surface area contributed by atoms with Crippen LogP contribution >= 0.6 is 0 Å². The van der Waals surface area contributed by atoms with Gasteiger partial charge in [-0.25, -0.2) is 0 Å². The van der Waals surface area contributed by atoms with Crippen molar-refractivity contribution in [1.82, 2.24) is 15.5 Å². The molecule has 0 aliphatic carbocycles. The van der Waals surface area contributed by atoms with Gasteiger partial charge in [0.05, 0.1) is 18.9 Å². The Balaban J connectivity index is 1.71. The maximum absolute atomic E-state index is 12.0. The summed E-state index contributed by atoms with van der Waals surface area (Å²) < 4.78 is 11.0. The van der Waals surface area contributed by atoms with Crippen molar-refractivity contribution in [2.75, 3.05) is 6.61 Å². The van der Waals surface area contributed by atoms with Crippen LogP contribution < -0.4 is 5.32 Å². The molecule has 19 heavy (non-hydrogen) atoms. The van der Waals surface area contributed by atoms with Crippen molar-refractivity contribution in [3.8, 4) is 0 Å². The van der Waals surface area contributed by atoms with Crippen molar-refractivity contribution in [3.05, 3.63) is 48.2 Å². The minimum atomic E-state index is -0.264. The van der Waals surface area contributed by atoms with E-state index < -0.39 is 0 Å². The topological polar surface area (TPSA) is 73.3 Å². The molecule has 1 saturated heterocycles. The first-order valence-corrected chi connectivity index (χ1v) is 6.08. The summed E-state index contributed by atoms with van der Waals surface area (Å²) in [5, 5.41) is 10.4. The van der Waals surface area contributed by atoms with Crippen LogP contribution in [0, 0.1) is 0 Å². The maximum Gasteiger partial charge on any atom is 0.272 e. The van der Waals surface area contributed by atoms with Gasteiger partial charge in [-0.3, -0.25) is 4.79 Å². The quantitative estimate of drug-likeness (QED) is 0.850. The molecule has 2 aliphatic heterocycles. The summed E-state index contributed by atoms with van der Waals surface area (Å²) in [6.07, 6.45) is 7.19. The molecular weight excluding hydrogens is 246 g/mol. The van der Waals surface area contributed by atoms with Gasteiger partial charge in [-0.2, -0.15) is 5.10 Å². The smallest absolute Gasteiger partial charge is 0.272 e. The summed E-state index contributed by atoms with van der Waals surface area (Å²) in [5.41, 5.74) is 0.297. The summed E-state index contributed by atoms with van der Waals surface area (Å²) >= 11 is 0. The third-order valence-electron chi connectivity index (χ3n) is 3.03. The molecule has 0 aromatic carbocycles. The Bertz CT molecular complexity index is 527. The second kappa shape index (κ2) is 5.09. The van der Waals surface area contributed by atoms with Crippen molar-refractivity contribution < 1.29 is 14.3 Å². The van der Waals surface area contributed by atoms with Crippen molar-refractivity contribution in [3.63, 3.8) is 0 Å². The van der Waals surface area contributed by atoms with E-state index in [1.165, 1.54) is 6.20 Å². The number of rotatable bonds is 2. The first-order chi connectivity index (χ1) is 9.34. The number of carbonyl (C=O) groups is 1. The van der Waals surface area contributed by atoms with Crippen molar-refractivity contribution in [2.45, 2.75) is 18.6 Å². The highest BCUT2D eigenvalue weighted by Gasteiger charge is 2.34. The Kier molecular flexibility index (Phi) is 3.14. The molecule has 6 nitrogen and oxygen atoms in total. The normalized spacial score (nSPS) is 24.5. The monoisotopic (exact) mass is 259 g/mol. The Hall–Kier alpha value is -2.37. The maximum atomic E-state index is 12.0. The van der Waals surface area contributed by atoms with Crippen molar-refractivity contribution in [2.24, 2.45) is 0 Å². The molecule has 1 amide bonds. The molecule has 3 rings (SSSR count). The SMILES string of the molecule is O=C(NC1CCOC2=CC=COC21)c1cccnn1. The van der Waals surface area contributed by atoms with Crippen LogP contribution in [0.15, 0.2) is 42.5 Å². The van der Waals surface area contributed by atoms with Gasteiger partial charge in [0.2, 0.25) is 0 Å². The molecule has 6 heteroatoms. The zero-order valence-electron chi connectivity index (χ0n) is 10.2. The van der Waals surface area contributed by atoms with E-state index in [-0.39, 0.29) is 18.1 Å². The Morgan fingerprint density at radius 1 is 1.47 bits per heavy atom. The number of nitrogens with zero attached hydrogens (tertiary/aromatic N) is 2. The van der Waals surface area contributed by atoms with E-state index in [1.54, 1.807) is 24.5 Å². The molecule has 0 bridgehead atoms. The molecule has 0 saturated carbocycles. The van der Waals surface area contributed by atoms with E-state index in [0.29, 0.717) is 18.7 Å². The number of hydrogen-bond acceptors (Lipinski definition) is 5. The molecule has 0 radical (unpaired) electrons. The molecule has 1 aromatic rings. The number of aromatic nitrogens is 2. The molecule has 2 aliphatic rings. The highest BCUT2D eigenvalue weighted by molar-refractivity contribution is 5.92. The summed E-state index contributed by atoms with van der Waals surface area (Å²) in [6, 6.07) is 3.18. The zero-order valence-corrected chi connectivity index (χ0v) is 10.2. The van der Waals surface area contributed by atoms with Crippen molar-refractivity contribution in [1.29, 1.82) is 0 Å². The van der Waals surface area contributed by atoms with E-state index in [1.807, 2.05) is 6.08 Å². The van der Waals surface area contributed by atoms with E-state index in [2.05, 4.69) is 15.5 Å². The lowest BCUT2D eigenvalue weighted by Gasteiger charge is -2.34. The lowest BCUT2D eigenvalue weighted by molar-refractivity contribution is 0.0151. The fourth-order valence-electron chi connectivity index (χ4n) is 2.12. The number of fused-ring (bicyclic) bond motifs is 1. The fraction of sp³-hybridized carbons (Fsp3) is 0.308. The van der Waals surface area contributed by atoms with Gasteiger partial charge in [-0.05, 0) is 24.3 Å². The number of ether oxygens (including phenoxy) is 2.